The Balaban J connectivity index is 2.05. The summed E-state index contributed by atoms with van der Waals surface area (Å²) < 4.78 is 28.4. The third-order valence-electron chi connectivity index (χ3n) is 4.95. The van der Waals surface area contributed by atoms with Gasteiger partial charge in [-0.1, -0.05) is 20.9 Å². The molecule has 23 heavy (non-hydrogen) atoms. The summed E-state index contributed by atoms with van der Waals surface area (Å²) in [6.07, 6.45) is 8.89. The zero-order chi connectivity index (χ0) is 16.2. The first-order valence-corrected chi connectivity index (χ1v) is 8.72. The fourth-order valence-electron chi connectivity index (χ4n) is 3.60. The zero-order valence-corrected chi connectivity index (χ0v) is 14.0. The molecule has 1 saturated carbocycles. The number of nitrogen functional groups attached to an aromatic ring is 1. The van der Waals surface area contributed by atoms with Gasteiger partial charge >= 0.3 is 5.66 Å². The molecule has 0 aliphatic heterocycles. The van der Waals surface area contributed by atoms with Gasteiger partial charge in [0.05, 0.1) is 5.52 Å². The van der Waals surface area contributed by atoms with Gasteiger partial charge in [-0.05, 0) is 50.5 Å². The Hall–Kier alpha value is -1.48. The van der Waals surface area contributed by atoms with E-state index in [2.05, 4.69) is 9.97 Å². The van der Waals surface area contributed by atoms with Gasteiger partial charge in [0.25, 0.3) is 0 Å². The minimum atomic E-state index is -3.06. The van der Waals surface area contributed by atoms with E-state index >= 15 is 0 Å². The van der Waals surface area contributed by atoms with Crippen molar-refractivity contribution in [1.29, 1.82) is 0 Å². The fourth-order valence-corrected chi connectivity index (χ4v) is 3.81. The Kier molecular flexibility index (Phi) is 3.45. The Morgan fingerprint density at radius 2 is 1.87 bits per heavy atom. The number of hydrogen-bond donors (Lipinski definition) is 2. The monoisotopic (exact) mass is 335 g/mol. The molecule has 0 spiro atoms. The van der Waals surface area contributed by atoms with E-state index in [-0.39, 0.29) is 5.69 Å². The summed E-state index contributed by atoms with van der Waals surface area (Å²) in [7, 11) is 1.63. The number of anilines is 1. The van der Waals surface area contributed by atoms with Crippen molar-refractivity contribution in [3.63, 3.8) is 0 Å². The first-order chi connectivity index (χ1) is 10.9. The van der Waals surface area contributed by atoms with Crippen LogP contribution < -0.4 is 5.73 Å². The number of alkyl halides is 2. The Morgan fingerprint density at radius 3 is 2.52 bits per heavy atom. The van der Waals surface area contributed by atoms with Crippen LogP contribution in [0.25, 0.3) is 17.0 Å². The van der Waals surface area contributed by atoms with Crippen LogP contribution in [0.2, 0.25) is 0 Å². The highest BCUT2D eigenvalue weighted by Gasteiger charge is 2.34. The maximum Gasteiger partial charge on any atom is 0.300 e. The van der Waals surface area contributed by atoms with Gasteiger partial charge in [-0.2, -0.15) is 8.78 Å². The van der Waals surface area contributed by atoms with Crippen LogP contribution in [0.15, 0.2) is 5.57 Å². The molecule has 4 rings (SSSR count). The predicted octanol–water partition coefficient (Wildman–Crippen LogP) is 4.52. The molecule has 0 aromatic carbocycles. The number of nitrogens with one attached hydrogen (secondary N) is 1. The molecule has 3 nitrogen and oxygen atoms in total. The number of hydrogen-bond acceptors (Lipinski definition) is 2. The minimum absolute atomic E-state index is 0.169. The van der Waals surface area contributed by atoms with Crippen molar-refractivity contribution < 1.29 is 8.78 Å². The molecule has 0 amide bonds. The molecule has 0 saturated heterocycles. The van der Waals surface area contributed by atoms with E-state index < -0.39 is 5.66 Å². The number of H-pyrrole nitrogens is 1. The maximum atomic E-state index is 14.2. The number of aryl methyl sites for hydroxylation is 2. The van der Waals surface area contributed by atoms with Gasteiger partial charge in [-0.15, -0.1) is 0 Å². The molecule has 2 aliphatic carbocycles. The van der Waals surface area contributed by atoms with Crippen LogP contribution in [0, 0.1) is 0 Å². The topological polar surface area (TPSA) is 54.7 Å². The van der Waals surface area contributed by atoms with Crippen molar-refractivity contribution in [2.75, 3.05) is 5.73 Å². The summed E-state index contributed by atoms with van der Waals surface area (Å²) in [5, 5.41) is 0.502. The van der Waals surface area contributed by atoms with Gasteiger partial charge in [0.2, 0.25) is 0 Å². The van der Waals surface area contributed by atoms with Crippen LogP contribution in [-0.4, -0.2) is 9.97 Å². The SMILES string of the molecule is Nc1[nH]c2c3c(nc(C(F)(F)P)c2c1C=C1CCC1)CCCC3. The summed E-state index contributed by atoms with van der Waals surface area (Å²) in [5.41, 5.74) is 7.49. The van der Waals surface area contributed by atoms with E-state index in [0.717, 1.165) is 61.7 Å². The molecule has 1 atom stereocenters. The van der Waals surface area contributed by atoms with Gasteiger partial charge in [-0.25, -0.2) is 0 Å². The first-order valence-electron chi connectivity index (χ1n) is 8.14. The first kappa shape index (κ1) is 15.1. The molecular weight excluding hydrogens is 315 g/mol. The van der Waals surface area contributed by atoms with E-state index in [0.29, 0.717) is 16.8 Å². The second kappa shape index (κ2) is 5.27. The van der Waals surface area contributed by atoms with Gasteiger partial charge < -0.3 is 10.7 Å². The lowest BCUT2D eigenvalue weighted by Crippen LogP contribution is -2.14. The zero-order valence-electron chi connectivity index (χ0n) is 12.9. The third-order valence-corrected chi connectivity index (χ3v) is 5.23. The quantitative estimate of drug-likeness (QED) is 0.793. The molecule has 122 valence electrons. The molecule has 6 heteroatoms. The average molecular weight is 335 g/mol. The molecule has 0 radical (unpaired) electrons. The standard InChI is InChI=1S/C17H20F2N3P/c18-17(19,23)15-13-11(8-9-4-3-5-9)16(20)22-14(13)10-6-1-2-7-12(10)21-15/h8,22H,1-7,20,23H2. The lowest BCUT2D eigenvalue weighted by molar-refractivity contribution is 0.100. The summed E-state index contributed by atoms with van der Waals surface area (Å²) in [4.78, 5) is 7.53. The third kappa shape index (κ3) is 2.46. The van der Waals surface area contributed by atoms with Crippen LogP contribution in [-0.2, 0) is 18.5 Å². The number of nitrogens with zero attached hydrogens (tertiary/aromatic N) is 1. The molecular formula is C17H20F2N3P. The largest absolute Gasteiger partial charge is 0.385 e. The Labute approximate surface area is 135 Å². The number of rotatable bonds is 2. The van der Waals surface area contributed by atoms with Crippen LogP contribution in [0.5, 0.6) is 0 Å². The Morgan fingerprint density at radius 1 is 1.13 bits per heavy atom. The van der Waals surface area contributed by atoms with Gasteiger partial charge in [0, 0.05) is 16.6 Å². The highest BCUT2D eigenvalue weighted by atomic mass is 31.0. The van der Waals surface area contributed by atoms with Crippen molar-refractivity contribution >= 4 is 32.0 Å². The lowest BCUT2D eigenvalue weighted by Gasteiger charge is -2.20. The summed E-state index contributed by atoms with van der Waals surface area (Å²) in [5.74, 6) is 0.468. The smallest absolute Gasteiger partial charge is 0.300 e. The number of allylic oxidation sites excluding steroid dienone is 1. The van der Waals surface area contributed by atoms with Crippen molar-refractivity contribution in [2.45, 2.75) is 50.6 Å². The molecule has 3 N–H and O–H groups in total. The lowest BCUT2D eigenvalue weighted by atomic mass is 9.89. The number of nitrogens with two attached hydrogens (primary N) is 1. The van der Waals surface area contributed by atoms with E-state index in [4.69, 9.17) is 5.73 Å². The second-order valence-corrected chi connectivity index (χ2v) is 7.30. The molecule has 2 aromatic heterocycles. The van der Waals surface area contributed by atoms with Crippen LogP contribution >= 0.6 is 9.24 Å². The number of fused-ring (bicyclic) bond motifs is 3. The van der Waals surface area contributed by atoms with Crippen molar-refractivity contribution in [1.82, 2.24) is 9.97 Å². The molecule has 2 aliphatic rings. The summed E-state index contributed by atoms with van der Waals surface area (Å²) in [6, 6.07) is 0. The molecule has 0 bridgehead atoms. The summed E-state index contributed by atoms with van der Waals surface area (Å²) >= 11 is 0. The van der Waals surface area contributed by atoms with E-state index in [9.17, 15) is 8.78 Å². The molecule has 1 unspecified atom stereocenters. The van der Waals surface area contributed by atoms with Crippen molar-refractivity contribution in [3.05, 3.63) is 28.1 Å². The van der Waals surface area contributed by atoms with E-state index in [1.165, 1.54) is 5.57 Å². The minimum Gasteiger partial charge on any atom is -0.385 e. The van der Waals surface area contributed by atoms with E-state index in [1.54, 1.807) is 9.24 Å². The van der Waals surface area contributed by atoms with Crippen LogP contribution in [0.4, 0.5) is 14.6 Å². The van der Waals surface area contributed by atoms with E-state index in [1.807, 2.05) is 6.08 Å². The number of aromatic nitrogens is 2. The van der Waals surface area contributed by atoms with Gasteiger partial charge in [0.1, 0.15) is 11.5 Å². The van der Waals surface area contributed by atoms with Crippen molar-refractivity contribution in [2.24, 2.45) is 0 Å². The normalized spacial score (nSPS) is 18.0. The molecule has 1 fully saturated rings. The fraction of sp³-hybridized carbons (Fsp3) is 0.471. The average Bonchev–Trinajstić information content (AvgIpc) is 2.77. The highest BCUT2D eigenvalue weighted by molar-refractivity contribution is 7.17. The molecule has 2 aromatic rings. The van der Waals surface area contributed by atoms with Gasteiger partial charge in [0.15, 0.2) is 0 Å². The van der Waals surface area contributed by atoms with Crippen LogP contribution in [0.3, 0.4) is 0 Å². The van der Waals surface area contributed by atoms with Gasteiger partial charge in [-0.3, -0.25) is 4.98 Å². The van der Waals surface area contributed by atoms with Crippen molar-refractivity contribution in [3.8, 4) is 0 Å². The number of aromatic amines is 1. The number of halogens is 2. The second-order valence-electron chi connectivity index (χ2n) is 6.57. The maximum absolute atomic E-state index is 14.2. The van der Waals surface area contributed by atoms with Crippen LogP contribution in [0.1, 0.15) is 54.6 Å². The summed E-state index contributed by atoms with van der Waals surface area (Å²) in [6.45, 7) is 0. The Bertz CT molecular complexity index is 812. The highest BCUT2D eigenvalue weighted by Crippen LogP contribution is 2.44. The predicted molar refractivity (Wildman–Crippen MR) is 92.6 cm³/mol. The molecule has 2 heterocycles. The number of pyridine rings is 1.